The number of rotatable bonds is 2. The van der Waals surface area contributed by atoms with E-state index in [1.807, 2.05) is 18.5 Å². The normalized spacial score (nSPS) is 19.4. The second kappa shape index (κ2) is 4.01. The van der Waals surface area contributed by atoms with Crippen LogP contribution in [-0.4, -0.2) is 4.98 Å². The predicted octanol–water partition coefficient (Wildman–Crippen LogP) is 3.41. The monoisotopic (exact) mass is 199 g/mol. The average molecular weight is 199 g/mol. The predicted molar refractivity (Wildman–Crippen MR) is 64.7 cm³/mol. The van der Waals surface area contributed by atoms with Gasteiger partial charge < -0.3 is 0 Å². The molecule has 1 heterocycles. The van der Waals surface area contributed by atoms with Crippen LogP contribution in [-0.2, 0) is 12.8 Å². The molecule has 0 spiro atoms. The maximum atomic E-state index is 4.25. The molecule has 1 heteroatoms. The lowest BCUT2D eigenvalue weighted by Crippen LogP contribution is -2.16. The molecule has 1 aromatic rings. The van der Waals surface area contributed by atoms with Gasteiger partial charge in [0.1, 0.15) is 0 Å². The van der Waals surface area contributed by atoms with E-state index in [1.54, 1.807) is 0 Å². The van der Waals surface area contributed by atoms with Crippen LogP contribution in [0.5, 0.6) is 0 Å². The van der Waals surface area contributed by atoms with Crippen LogP contribution in [0, 0.1) is 5.92 Å². The van der Waals surface area contributed by atoms with Gasteiger partial charge in [0, 0.05) is 12.4 Å². The third-order valence-electron chi connectivity index (χ3n) is 3.31. The van der Waals surface area contributed by atoms with Crippen molar-refractivity contribution in [1.29, 1.82) is 0 Å². The zero-order valence-corrected chi connectivity index (χ0v) is 9.29. The fourth-order valence-electron chi connectivity index (χ4n) is 2.29. The molecule has 1 nitrogen and oxygen atoms in total. The standard InChI is InChI=1S/C14H17N/c1-4-11-8-15-9-13-6-5-12(10(2)3)7-14(11)13/h4,8-9,12H,1-2,5-7H2,3H3/t12-/m0/s1. The first-order valence-electron chi connectivity index (χ1n) is 5.46. The van der Waals surface area contributed by atoms with Crippen molar-refractivity contribution >= 4 is 6.08 Å². The summed E-state index contributed by atoms with van der Waals surface area (Å²) in [6.07, 6.45) is 9.26. The molecule has 0 radical (unpaired) electrons. The van der Waals surface area contributed by atoms with Gasteiger partial charge in [-0.25, -0.2) is 0 Å². The van der Waals surface area contributed by atoms with E-state index in [0.717, 1.165) is 12.8 Å². The first kappa shape index (κ1) is 10.2. The molecule has 0 N–H and O–H groups in total. The zero-order chi connectivity index (χ0) is 10.8. The summed E-state index contributed by atoms with van der Waals surface area (Å²) in [5, 5.41) is 0. The van der Waals surface area contributed by atoms with Gasteiger partial charge in [0.05, 0.1) is 0 Å². The second-order valence-electron chi connectivity index (χ2n) is 4.36. The fraction of sp³-hybridized carbons (Fsp3) is 0.357. The Morgan fingerprint density at radius 2 is 2.33 bits per heavy atom. The van der Waals surface area contributed by atoms with Crippen molar-refractivity contribution in [3.8, 4) is 0 Å². The number of aromatic nitrogens is 1. The van der Waals surface area contributed by atoms with Crippen molar-refractivity contribution in [3.05, 3.63) is 47.8 Å². The van der Waals surface area contributed by atoms with E-state index >= 15 is 0 Å². The van der Waals surface area contributed by atoms with Crippen LogP contribution < -0.4 is 0 Å². The Morgan fingerprint density at radius 1 is 1.53 bits per heavy atom. The van der Waals surface area contributed by atoms with Gasteiger partial charge in [0.2, 0.25) is 0 Å². The molecule has 0 fully saturated rings. The molecular formula is C14H17N. The molecule has 0 amide bonds. The summed E-state index contributed by atoms with van der Waals surface area (Å²) >= 11 is 0. The Labute approximate surface area is 91.6 Å². The van der Waals surface area contributed by atoms with Gasteiger partial charge in [0.25, 0.3) is 0 Å². The van der Waals surface area contributed by atoms with Crippen LogP contribution in [0.4, 0.5) is 0 Å². The van der Waals surface area contributed by atoms with Gasteiger partial charge in [-0.15, -0.1) is 0 Å². The highest BCUT2D eigenvalue weighted by Crippen LogP contribution is 2.31. The largest absolute Gasteiger partial charge is 0.264 e. The van der Waals surface area contributed by atoms with Gasteiger partial charge in [0.15, 0.2) is 0 Å². The smallest absolute Gasteiger partial charge is 0.0343 e. The molecule has 0 aliphatic heterocycles. The Kier molecular flexibility index (Phi) is 2.72. The number of hydrogen-bond donors (Lipinski definition) is 0. The quantitative estimate of drug-likeness (QED) is 0.665. The molecule has 1 aliphatic rings. The Bertz CT molecular complexity index is 404. The van der Waals surface area contributed by atoms with E-state index in [0.29, 0.717) is 5.92 Å². The maximum absolute atomic E-state index is 4.25. The molecule has 78 valence electrons. The van der Waals surface area contributed by atoms with Crippen LogP contribution in [0.3, 0.4) is 0 Å². The summed E-state index contributed by atoms with van der Waals surface area (Å²) in [6, 6.07) is 0. The van der Waals surface area contributed by atoms with Gasteiger partial charge in [-0.3, -0.25) is 4.98 Å². The van der Waals surface area contributed by atoms with Crippen LogP contribution in [0.2, 0.25) is 0 Å². The van der Waals surface area contributed by atoms with Crippen LogP contribution in [0.1, 0.15) is 30.0 Å². The number of nitrogens with zero attached hydrogens (tertiary/aromatic N) is 1. The van der Waals surface area contributed by atoms with Gasteiger partial charge >= 0.3 is 0 Å². The summed E-state index contributed by atoms with van der Waals surface area (Å²) in [4.78, 5) is 4.25. The summed E-state index contributed by atoms with van der Waals surface area (Å²) in [5.41, 5.74) is 5.31. The second-order valence-corrected chi connectivity index (χ2v) is 4.36. The van der Waals surface area contributed by atoms with E-state index in [9.17, 15) is 0 Å². The molecule has 2 rings (SSSR count). The highest BCUT2D eigenvalue weighted by atomic mass is 14.6. The minimum atomic E-state index is 0.638. The van der Waals surface area contributed by atoms with Crippen molar-refractivity contribution in [2.45, 2.75) is 26.2 Å². The number of allylic oxidation sites excluding steroid dienone is 1. The van der Waals surface area contributed by atoms with E-state index in [4.69, 9.17) is 0 Å². The van der Waals surface area contributed by atoms with Crippen LogP contribution in [0.25, 0.3) is 6.08 Å². The summed E-state index contributed by atoms with van der Waals surface area (Å²) in [6.45, 7) is 10.0. The fourth-order valence-corrected chi connectivity index (χ4v) is 2.29. The molecule has 0 saturated heterocycles. The lowest BCUT2D eigenvalue weighted by atomic mass is 9.80. The molecule has 0 aromatic carbocycles. The van der Waals surface area contributed by atoms with Crippen molar-refractivity contribution in [3.63, 3.8) is 0 Å². The van der Waals surface area contributed by atoms with E-state index in [-0.39, 0.29) is 0 Å². The average Bonchev–Trinajstić information content (AvgIpc) is 2.27. The van der Waals surface area contributed by atoms with E-state index in [1.165, 1.54) is 28.7 Å². The third kappa shape index (κ3) is 1.87. The molecule has 0 bridgehead atoms. The Hall–Kier alpha value is -1.37. The number of fused-ring (bicyclic) bond motifs is 1. The molecule has 1 aliphatic carbocycles. The molecule has 1 atom stereocenters. The van der Waals surface area contributed by atoms with Crippen molar-refractivity contribution in [1.82, 2.24) is 4.98 Å². The third-order valence-corrected chi connectivity index (χ3v) is 3.31. The van der Waals surface area contributed by atoms with Gasteiger partial charge in [-0.1, -0.05) is 24.8 Å². The first-order chi connectivity index (χ1) is 7.22. The highest BCUT2D eigenvalue weighted by molar-refractivity contribution is 5.53. The topological polar surface area (TPSA) is 12.9 Å². The number of hydrogen-bond acceptors (Lipinski definition) is 1. The zero-order valence-electron chi connectivity index (χ0n) is 9.29. The molecule has 0 saturated carbocycles. The molecular weight excluding hydrogens is 182 g/mol. The Morgan fingerprint density at radius 3 is 3.00 bits per heavy atom. The van der Waals surface area contributed by atoms with Crippen molar-refractivity contribution in [2.24, 2.45) is 5.92 Å². The van der Waals surface area contributed by atoms with Crippen molar-refractivity contribution in [2.75, 3.05) is 0 Å². The van der Waals surface area contributed by atoms with E-state index < -0.39 is 0 Å². The summed E-state index contributed by atoms with van der Waals surface area (Å²) in [7, 11) is 0. The summed E-state index contributed by atoms with van der Waals surface area (Å²) in [5.74, 6) is 0.638. The van der Waals surface area contributed by atoms with Gasteiger partial charge in [-0.05, 0) is 48.8 Å². The summed E-state index contributed by atoms with van der Waals surface area (Å²) < 4.78 is 0. The van der Waals surface area contributed by atoms with Crippen LogP contribution in [0.15, 0.2) is 31.1 Å². The van der Waals surface area contributed by atoms with E-state index in [2.05, 4.69) is 25.1 Å². The number of aryl methyl sites for hydroxylation is 1. The van der Waals surface area contributed by atoms with Crippen LogP contribution >= 0.6 is 0 Å². The molecule has 15 heavy (non-hydrogen) atoms. The maximum Gasteiger partial charge on any atom is 0.0343 e. The Balaban J connectivity index is 2.38. The lowest BCUT2D eigenvalue weighted by Gasteiger charge is -2.25. The highest BCUT2D eigenvalue weighted by Gasteiger charge is 2.20. The first-order valence-corrected chi connectivity index (χ1v) is 5.46. The molecule has 0 unspecified atom stereocenters. The minimum absolute atomic E-state index is 0.638. The SMILES string of the molecule is C=Cc1cncc2c1C[C@@H](C(=C)C)CC2. The minimum Gasteiger partial charge on any atom is -0.264 e. The van der Waals surface area contributed by atoms with Crippen molar-refractivity contribution < 1.29 is 0 Å². The lowest BCUT2D eigenvalue weighted by molar-refractivity contribution is 0.525. The molecule has 1 aromatic heterocycles. The number of pyridine rings is 1. The van der Waals surface area contributed by atoms with Gasteiger partial charge in [-0.2, -0.15) is 0 Å².